The van der Waals surface area contributed by atoms with Crippen LogP contribution in [0.5, 0.6) is 11.5 Å². The quantitative estimate of drug-likeness (QED) is 0.500. The summed E-state index contributed by atoms with van der Waals surface area (Å²) in [6.07, 6.45) is 4.43. The molecule has 0 atom stereocenters. The Morgan fingerprint density at radius 1 is 1.12 bits per heavy atom. The Hall–Kier alpha value is -3.85. The number of fused-ring (bicyclic) bond motifs is 2. The van der Waals surface area contributed by atoms with E-state index in [1.807, 2.05) is 61.7 Å². The number of hydrogen-bond acceptors (Lipinski definition) is 6. The maximum absolute atomic E-state index is 12.8. The summed E-state index contributed by atoms with van der Waals surface area (Å²) in [5.74, 6) is 0.998. The Bertz CT molecular complexity index is 1390. The van der Waals surface area contributed by atoms with Crippen LogP contribution in [0.4, 0.5) is 0 Å². The largest absolute Gasteiger partial charge is 0.493 e. The Labute approximate surface area is 201 Å². The third-order valence-electron chi connectivity index (χ3n) is 5.58. The number of nitrogens with zero attached hydrogens (tertiary/aromatic N) is 4. The van der Waals surface area contributed by atoms with Gasteiger partial charge in [-0.25, -0.2) is 0 Å². The first-order chi connectivity index (χ1) is 16.6. The Balaban J connectivity index is 1.43. The molecule has 0 saturated carbocycles. The highest BCUT2D eigenvalue weighted by molar-refractivity contribution is 8.26. The number of aliphatic imine (C=N–C) groups is 1. The number of hydrazone groups is 1. The second-order valence-electron chi connectivity index (χ2n) is 7.66. The van der Waals surface area contributed by atoms with Crippen LogP contribution in [0, 0.1) is 5.41 Å². The van der Waals surface area contributed by atoms with E-state index in [4.69, 9.17) is 14.9 Å². The number of nitrogens with one attached hydrogen (secondary N) is 1. The predicted octanol–water partition coefficient (Wildman–Crippen LogP) is 4.76. The zero-order valence-electron chi connectivity index (χ0n) is 18.8. The van der Waals surface area contributed by atoms with Gasteiger partial charge in [-0.05, 0) is 42.5 Å². The van der Waals surface area contributed by atoms with Crippen molar-refractivity contribution >= 4 is 50.7 Å². The lowest BCUT2D eigenvalue weighted by Gasteiger charge is -2.20. The number of rotatable bonds is 7. The van der Waals surface area contributed by atoms with Gasteiger partial charge in [-0.1, -0.05) is 37.3 Å². The van der Waals surface area contributed by atoms with Crippen LogP contribution in [-0.4, -0.2) is 45.2 Å². The van der Waals surface area contributed by atoms with Gasteiger partial charge in [0.25, 0.3) is 5.91 Å². The normalized spacial score (nSPS) is 16.6. The number of aromatic nitrogens is 1. The van der Waals surface area contributed by atoms with Crippen LogP contribution in [0.25, 0.3) is 17.0 Å². The van der Waals surface area contributed by atoms with Crippen LogP contribution < -0.4 is 9.47 Å². The number of para-hydroxylation sites is 3. The van der Waals surface area contributed by atoms with Crippen molar-refractivity contribution in [3.8, 4) is 11.5 Å². The predicted molar refractivity (Wildman–Crippen MR) is 136 cm³/mol. The van der Waals surface area contributed by atoms with Crippen LogP contribution in [-0.2, 0) is 11.3 Å². The first-order valence-electron chi connectivity index (χ1n) is 10.9. The molecular formula is C25H23N5O3S. The molecule has 3 heterocycles. The van der Waals surface area contributed by atoms with E-state index in [1.165, 1.54) is 16.8 Å². The van der Waals surface area contributed by atoms with Gasteiger partial charge in [0.2, 0.25) is 5.17 Å². The van der Waals surface area contributed by atoms with Crippen LogP contribution in [0.1, 0.15) is 18.9 Å². The number of amides is 1. The minimum atomic E-state index is -0.423. The lowest BCUT2D eigenvalue weighted by molar-refractivity contribution is -0.114. The molecule has 1 N–H and O–H groups in total. The summed E-state index contributed by atoms with van der Waals surface area (Å²) in [6.45, 7) is 3.03. The molecule has 1 aromatic heterocycles. The van der Waals surface area contributed by atoms with E-state index >= 15 is 0 Å². The zero-order valence-corrected chi connectivity index (χ0v) is 19.6. The first kappa shape index (κ1) is 22.0. The van der Waals surface area contributed by atoms with E-state index in [0.29, 0.717) is 29.8 Å². The van der Waals surface area contributed by atoms with Crippen molar-refractivity contribution in [3.63, 3.8) is 0 Å². The molecule has 8 nitrogen and oxygen atoms in total. The molecule has 1 amide bonds. The molecule has 0 spiro atoms. The Morgan fingerprint density at radius 3 is 2.68 bits per heavy atom. The molecular weight excluding hydrogens is 450 g/mol. The van der Waals surface area contributed by atoms with Gasteiger partial charge in [0.1, 0.15) is 11.7 Å². The first-order valence-corrected chi connectivity index (χ1v) is 11.7. The molecule has 9 heteroatoms. The summed E-state index contributed by atoms with van der Waals surface area (Å²) in [4.78, 5) is 16.9. The third-order valence-corrected chi connectivity index (χ3v) is 6.63. The molecule has 172 valence electrons. The average molecular weight is 474 g/mol. The Kier molecular flexibility index (Phi) is 5.93. The minimum absolute atomic E-state index is 0.0438. The fraction of sp³-hybridized carbons (Fsp3) is 0.200. The monoisotopic (exact) mass is 473 g/mol. The number of ether oxygens (including phenoxy) is 2. The smallest absolute Gasteiger partial charge is 0.283 e. The van der Waals surface area contributed by atoms with Gasteiger partial charge in [-0.2, -0.15) is 15.1 Å². The van der Waals surface area contributed by atoms with E-state index < -0.39 is 5.91 Å². The number of amidine groups is 2. The van der Waals surface area contributed by atoms with Crippen molar-refractivity contribution in [1.82, 2.24) is 9.58 Å². The highest BCUT2D eigenvalue weighted by Crippen LogP contribution is 2.31. The second-order valence-corrected chi connectivity index (χ2v) is 8.70. The molecule has 0 aliphatic carbocycles. The van der Waals surface area contributed by atoms with E-state index in [9.17, 15) is 4.79 Å². The van der Waals surface area contributed by atoms with E-state index in [0.717, 1.165) is 27.9 Å². The lowest BCUT2D eigenvalue weighted by Crippen LogP contribution is -2.35. The van der Waals surface area contributed by atoms with Gasteiger partial charge in [-0.15, -0.1) is 0 Å². The Morgan fingerprint density at radius 2 is 1.88 bits per heavy atom. The van der Waals surface area contributed by atoms with Crippen molar-refractivity contribution in [1.29, 1.82) is 5.41 Å². The van der Waals surface area contributed by atoms with Gasteiger partial charge in [0, 0.05) is 22.7 Å². The van der Waals surface area contributed by atoms with Crippen molar-refractivity contribution in [2.45, 2.75) is 19.9 Å². The summed E-state index contributed by atoms with van der Waals surface area (Å²) in [7, 11) is 1.62. The molecule has 5 rings (SSSR count). The number of methoxy groups -OCH3 is 1. The van der Waals surface area contributed by atoms with Gasteiger partial charge in [0.05, 0.1) is 19.2 Å². The highest BCUT2D eigenvalue weighted by Gasteiger charge is 2.35. The molecule has 0 saturated heterocycles. The molecule has 0 unspecified atom stereocenters. The van der Waals surface area contributed by atoms with Gasteiger partial charge in [-0.3, -0.25) is 10.2 Å². The standard InChI is InChI=1S/C25H23N5O3S/c1-3-22-28-30-23(26)18(24(31)27-25(30)34-22)14-16-15-29(19-9-5-4-8-17(16)19)12-13-33-21-11-7-6-10-20(21)32-2/h4-11,14-15,26H,3,12-13H2,1-2H3. The summed E-state index contributed by atoms with van der Waals surface area (Å²) in [5, 5.41) is 16.7. The molecule has 2 aliphatic rings. The molecule has 0 bridgehead atoms. The fourth-order valence-corrected chi connectivity index (χ4v) is 4.72. The van der Waals surface area contributed by atoms with Gasteiger partial charge >= 0.3 is 0 Å². The molecule has 3 aromatic rings. The molecule has 2 aromatic carbocycles. The van der Waals surface area contributed by atoms with Crippen LogP contribution in [0.2, 0.25) is 0 Å². The van der Waals surface area contributed by atoms with Crippen LogP contribution in [0.3, 0.4) is 0 Å². The zero-order chi connectivity index (χ0) is 23.7. The number of carbonyl (C=O) groups is 1. The number of carbonyl (C=O) groups excluding carboxylic acids is 1. The van der Waals surface area contributed by atoms with E-state index in [-0.39, 0.29) is 11.4 Å². The average Bonchev–Trinajstić information content (AvgIpc) is 3.43. The SMILES string of the molecule is CCC1=NN2C(=N)C(=Cc3cn(CCOc4ccccc4OC)c4ccccc34)C(=O)N=C2S1. The summed E-state index contributed by atoms with van der Waals surface area (Å²) < 4.78 is 13.4. The number of benzene rings is 2. The summed E-state index contributed by atoms with van der Waals surface area (Å²) >= 11 is 1.34. The molecule has 2 aliphatic heterocycles. The van der Waals surface area contributed by atoms with Gasteiger partial charge < -0.3 is 14.0 Å². The third kappa shape index (κ3) is 3.99. The maximum atomic E-state index is 12.8. The topological polar surface area (TPSA) is 92.3 Å². The number of thioether (sulfide) groups is 1. The summed E-state index contributed by atoms with van der Waals surface area (Å²) in [6, 6.07) is 15.5. The van der Waals surface area contributed by atoms with Crippen LogP contribution >= 0.6 is 11.8 Å². The number of hydrogen-bond donors (Lipinski definition) is 1. The lowest BCUT2D eigenvalue weighted by atomic mass is 10.1. The molecule has 0 fully saturated rings. The molecule has 0 radical (unpaired) electrons. The van der Waals surface area contributed by atoms with Crippen LogP contribution in [0.15, 0.2) is 70.4 Å². The van der Waals surface area contributed by atoms with Crippen molar-refractivity contribution in [2.24, 2.45) is 10.1 Å². The maximum Gasteiger partial charge on any atom is 0.283 e. The highest BCUT2D eigenvalue weighted by atomic mass is 32.2. The van der Waals surface area contributed by atoms with Gasteiger partial charge in [0.15, 0.2) is 17.3 Å². The molecule has 34 heavy (non-hydrogen) atoms. The van der Waals surface area contributed by atoms with Crippen molar-refractivity contribution < 1.29 is 14.3 Å². The minimum Gasteiger partial charge on any atom is -0.493 e. The van der Waals surface area contributed by atoms with Crippen molar-refractivity contribution in [2.75, 3.05) is 13.7 Å². The fourth-order valence-electron chi connectivity index (χ4n) is 3.90. The second kappa shape index (κ2) is 9.18. The summed E-state index contributed by atoms with van der Waals surface area (Å²) in [5.41, 5.74) is 2.07. The van der Waals surface area contributed by atoms with E-state index in [1.54, 1.807) is 13.2 Å². The van der Waals surface area contributed by atoms with Crippen molar-refractivity contribution in [3.05, 3.63) is 65.9 Å². The van der Waals surface area contributed by atoms with E-state index in [2.05, 4.69) is 14.7 Å².